The van der Waals surface area contributed by atoms with Crippen molar-refractivity contribution in [2.45, 2.75) is 38.6 Å². The van der Waals surface area contributed by atoms with Crippen LogP contribution in [-0.2, 0) is 11.3 Å². The fourth-order valence-electron chi connectivity index (χ4n) is 4.47. The van der Waals surface area contributed by atoms with Gasteiger partial charge in [-0.25, -0.2) is 14.4 Å². The Morgan fingerprint density at radius 2 is 1.84 bits per heavy atom. The lowest BCUT2D eigenvalue weighted by atomic mass is 10.1. The van der Waals surface area contributed by atoms with Gasteiger partial charge in [0, 0.05) is 44.8 Å². The summed E-state index contributed by atoms with van der Waals surface area (Å²) in [4.78, 5) is 40.2. The molecule has 7 nitrogen and oxygen atoms in total. The highest BCUT2D eigenvalue weighted by atomic mass is 19.1. The third-order valence-corrected chi connectivity index (χ3v) is 6.30. The van der Waals surface area contributed by atoms with Gasteiger partial charge in [0.2, 0.25) is 5.91 Å². The van der Waals surface area contributed by atoms with Crippen molar-refractivity contribution in [1.82, 2.24) is 24.7 Å². The SMILES string of the molecule is Cc1nc([C@H]2CCN(C(=O)CN(C)Cc3ccc(F)cc3)C2)ncc1C(=O)N1CCCC1. The number of benzene rings is 1. The van der Waals surface area contributed by atoms with Gasteiger partial charge in [-0.2, -0.15) is 0 Å². The quantitative estimate of drug-likeness (QED) is 0.692. The molecule has 2 aliphatic heterocycles. The highest BCUT2D eigenvalue weighted by molar-refractivity contribution is 5.95. The first kappa shape index (κ1) is 22.3. The maximum Gasteiger partial charge on any atom is 0.257 e. The summed E-state index contributed by atoms with van der Waals surface area (Å²) in [5, 5.41) is 0. The Balaban J connectivity index is 1.32. The lowest BCUT2D eigenvalue weighted by Gasteiger charge is -2.22. The molecule has 3 heterocycles. The van der Waals surface area contributed by atoms with Crippen LogP contribution in [0.1, 0.15) is 52.6 Å². The number of aromatic nitrogens is 2. The molecule has 0 spiro atoms. The maximum atomic E-state index is 13.1. The summed E-state index contributed by atoms with van der Waals surface area (Å²) in [5.41, 5.74) is 2.24. The molecule has 1 aromatic heterocycles. The molecule has 0 unspecified atom stereocenters. The monoisotopic (exact) mass is 439 g/mol. The molecule has 4 rings (SSSR count). The van der Waals surface area contributed by atoms with Gasteiger partial charge in [0.25, 0.3) is 5.91 Å². The zero-order valence-corrected chi connectivity index (χ0v) is 18.8. The number of hydrogen-bond donors (Lipinski definition) is 0. The van der Waals surface area contributed by atoms with Crippen molar-refractivity contribution in [3.63, 3.8) is 0 Å². The largest absolute Gasteiger partial charge is 0.341 e. The van der Waals surface area contributed by atoms with Crippen LogP contribution in [0.15, 0.2) is 30.5 Å². The summed E-state index contributed by atoms with van der Waals surface area (Å²) in [7, 11) is 1.89. The predicted molar refractivity (Wildman–Crippen MR) is 119 cm³/mol. The van der Waals surface area contributed by atoms with Gasteiger partial charge in [0.05, 0.1) is 17.8 Å². The van der Waals surface area contributed by atoms with Crippen molar-refractivity contribution in [3.8, 4) is 0 Å². The van der Waals surface area contributed by atoms with Gasteiger partial charge in [-0.1, -0.05) is 12.1 Å². The lowest BCUT2D eigenvalue weighted by molar-refractivity contribution is -0.131. The van der Waals surface area contributed by atoms with Crippen molar-refractivity contribution in [1.29, 1.82) is 0 Å². The Morgan fingerprint density at radius 3 is 2.53 bits per heavy atom. The zero-order chi connectivity index (χ0) is 22.7. The first-order chi connectivity index (χ1) is 15.4. The van der Waals surface area contributed by atoms with E-state index in [9.17, 15) is 14.0 Å². The summed E-state index contributed by atoms with van der Waals surface area (Å²) >= 11 is 0. The van der Waals surface area contributed by atoms with Crippen LogP contribution >= 0.6 is 0 Å². The summed E-state index contributed by atoms with van der Waals surface area (Å²) in [6.45, 7) is 5.60. The number of rotatable bonds is 6. The predicted octanol–water partition coefficient (Wildman–Crippen LogP) is 2.61. The van der Waals surface area contributed by atoms with E-state index in [1.807, 2.05) is 28.7 Å². The molecule has 32 heavy (non-hydrogen) atoms. The van der Waals surface area contributed by atoms with E-state index in [0.29, 0.717) is 43.3 Å². The molecule has 8 heteroatoms. The van der Waals surface area contributed by atoms with Crippen LogP contribution in [0.5, 0.6) is 0 Å². The average molecular weight is 440 g/mol. The summed E-state index contributed by atoms with van der Waals surface area (Å²) in [5.74, 6) is 0.599. The van der Waals surface area contributed by atoms with Crippen molar-refractivity contribution < 1.29 is 14.0 Å². The summed E-state index contributed by atoms with van der Waals surface area (Å²) in [6.07, 6.45) is 4.56. The minimum Gasteiger partial charge on any atom is -0.341 e. The van der Waals surface area contributed by atoms with Gasteiger partial charge >= 0.3 is 0 Å². The minimum atomic E-state index is -0.263. The molecule has 2 aromatic rings. The third kappa shape index (κ3) is 5.12. The summed E-state index contributed by atoms with van der Waals surface area (Å²) < 4.78 is 13.1. The zero-order valence-electron chi connectivity index (χ0n) is 18.8. The van der Waals surface area contributed by atoms with Crippen LogP contribution in [0.4, 0.5) is 4.39 Å². The Morgan fingerprint density at radius 1 is 1.12 bits per heavy atom. The highest BCUT2D eigenvalue weighted by Crippen LogP contribution is 2.26. The Hall–Kier alpha value is -2.87. The minimum absolute atomic E-state index is 0.0129. The second-order valence-corrected chi connectivity index (χ2v) is 8.85. The van der Waals surface area contributed by atoms with Gasteiger partial charge in [0.15, 0.2) is 0 Å². The Kier molecular flexibility index (Phi) is 6.79. The number of carbonyl (C=O) groups is 2. The number of likely N-dealkylation sites (N-methyl/N-ethyl adjacent to an activating group) is 1. The molecule has 170 valence electrons. The Labute approximate surface area is 188 Å². The van der Waals surface area contributed by atoms with Gasteiger partial charge in [-0.3, -0.25) is 14.5 Å². The molecule has 2 fully saturated rings. The van der Waals surface area contributed by atoms with Gasteiger partial charge in [0.1, 0.15) is 11.6 Å². The number of likely N-dealkylation sites (tertiary alicyclic amines) is 2. The van der Waals surface area contributed by atoms with Gasteiger partial charge in [-0.05, 0) is 50.9 Å². The van der Waals surface area contributed by atoms with Crippen LogP contribution in [0, 0.1) is 12.7 Å². The smallest absolute Gasteiger partial charge is 0.257 e. The van der Waals surface area contributed by atoms with Gasteiger partial charge in [-0.15, -0.1) is 0 Å². The second kappa shape index (κ2) is 9.73. The molecule has 2 amide bonds. The second-order valence-electron chi connectivity index (χ2n) is 8.85. The standard InChI is InChI=1S/C24H30FN5O2/c1-17-21(24(32)29-10-3-4-11-29)13-26-23(27-17)19-9-12-30(15-19)22(31)16-28(2)14-18-5-7-20(25)8-6-18/h5-8,13,19H,3-4,9-12,14-16H2,1-2H3/t19-/m0/s1. The Bertz CT molecular complexity index is 975. The molecular weight excluding hydrogens is 409 g/mol. The van der Waals surface area contributed by atoms with E-state index in [-0.39, 0.29) is 23.5 Å². The fraction of sp³-hybridized carbons (Fsp3) is 0.500. The van der Waals surface area contributed by atoms with Crippen molar-refractivity contribution in [2.24, 2.45) is 0 Å². The van der Waals surface area contributed by atoms with Crippen molar-refractivity contribution >= 4 is 11.8 Å². The number of carbonyl (C=O) groups excluding carboxylic acids is 2. The summed E-state index contributed by atoms with van der Waals surface area (Å²) in [6, 6.07) is 6.34. The molecule has 0 radical (unpaired) electrons. The molecule has 0 saturated carbocycles. The third-order valence-electron chi connectivity index (χ3n) is 6.30. The van der Waals surface area contributed by atoms with Crippen molar-refractivity contribution in [2.75, 3.05) is 39.8 Å². The number of aryl methyl sites for hydroxylation is 1. The van der Waals surface area contributed by atoms with E-state index in [1.165, 1.54) is 12.1 Å². The van der Waals surface area contributed by atoms with Crippen molar-refractivity contribution in [3.05, 3.63) is 58.9 Å². The molecule has 1 aromatic carbocycles. The molecule has 0 bridgehead atoms. The molecule has 2 saturated heterocycles. The molecule has 0 N–H and O–H groups in total. The number of hydrogen-bond acceptors (Lipinski definition) is 5. The fourth-order valence-corrected chi connectivity index (χ4v) is 4.47. The van der Waals surface area contributed by atoms with Crippen LogP contribution in [0.25, 0.3) is 0 Å². The lowest BCUT2D eigenvalue weighted by Crippen LogP contribution is -2.37. The molecular formula is C24H30FN5O2. The molecule has 1 atom stereocenters. The normalized spacial score (nSPS) is 18.6. The topological polar surface area (TPSA) is 69.6 Å². The van der Waals surface area contributed by atoms with E-state index >= 15 is 0 Å². The van der Waals surface area contributed by atoms with E-state index in [1.54, 1.807) is 18.3 Å². The van der Waals surface area contributed by atoms with Crippen LogP contribution in [0.3, 0.4) is 0 Å². The average Bonchev–Trinajstić information content (AvgIpc) is 3.47. The van der Waals surface area contributed by atoms with E-state index in [2.05, 4.69) is 9.97 Å². The van der Waals surface area contributed by atoms with Crippen LogP contribution in [-0.4, -0.2) is 76.3 Å². The van der Waals surface area contributed by atoms with E-state index in [4.69, 9.17) is 0 Å². The number of amides is 2. The molecule has 0 aliphatic carbocycles. The first-order valence-electron chi connectivity index (χ1n) is 11.2. The van der Waals surface area contributed by atoms with Crippen LogP contribution < -0.4 is 0 Å². The van der Waals surface area contributed by atoms with E-state index in [0.717, 1.165) is 37.9 Å². The number of halogens is 1. The first-order valence-corrected chi connectivity index (χ1v) is 11.2. The molecule has 2 aliphatic rings. The number of nitrogens with zero attached hydrogens (tertiary/aromatic N) is 5. The maximum absolute atomic E-state index is 13.1. The van der Waals surface area contributed by atoms with Crippen LogP contribution in [0.2, 0.25) is 0 Å². The highest BCUT2D eigenvalue weighted by Gasteiger charge is 2.30. The van der Waals surface area contributed by atoms with Gasteiger partial charge < -0.3 is 9.80 Å². The van der Waals surface area contributed by atoms with E-state index < -0.39 is 0 Å².